The highest BCUT2D eigenvalue weighted by Crippen LogP contribution is 2.28. The Morgan fingerprint density at radius 1 is 1.21 bits per heavy atom. The first-order valence-electron chi connectivity index (χ1n) is 6.33. The summed E-state index contributed by atoms with van der Waals surface area (Å²) in [7, 11) is 0. The summed E-state index contributed by atoms with van der Waals surface area (Å²) in [6, 6.07) is 14.4. The molecular formula is C16H18INO. The molecule has 0 saturated heterocycles. The summed E-state index contributed by atoms with van der Waals surface area (Å²) in [5.41, 5.74) is 8.29. The molecule has 0 aromatic heterocycles. The summed E-state index contributed by atoms with van der Waals surface area (Å²) < 4.78 is 7.15. The number of hydrogen-bond acceptors (Lipinski definition) is 2. The lowest BCUT2D eigenvalue weighted by molar-refractivity contribution is 0.473. The van der Waals surface area contributed by atoms with Gasteiger partial charge >= 0.3 is 0 Å². The molecule has 0 heterocycles. The molecule has 2 aromatic rings. The summed E-state index contributed by atoms with van der Waals surface area (Å²) in [6.45, 7) is 4.09. The Kier molecular flexibility index (Phi) is 4.82. The average molecular weight is 367 g/mol. The van der Waals surface area contributed by atoms with Crippen LogP contribution in [0.1, 0.15) is 18.1 Å². The fourth-order valence-corrected chi connectivity index (χ4v) is 2.49. The molecule has 2 N–H and O–H groups in total. The Bertz CT molecular complexity index is 566. The average Bonchev–Trinajstić information content (AvgIpc) is 2.32. The summed E-state index contributed by atoms with van der Waals surface area (Å²) in [5.74, 6) is 1.76. The highest BCUT2D eigenvalue weighted by molar-refractivity contribution is 14.1. The van der Waals surface area contributed by atoms with Crippen LogP contribution in [0.3, 0.4) is 0 Å². The first kappa shape index (κ1) is 14.3. The lowest BCUT2D eigenvalue weighted by Crippen LogP contribution is -2.18. The number of rotatable bonds is 4. The van der Waals surface area contributed by atoms with E-state index in [1.54, 1.807) is 0 Å². The fraction of sp³-hybridized carbons (Fsp3) is 0.250. The van der Waals surface area contributed by atoms with Gasteiger partial charge in [0, 0.05) is 9.61 Å². The van der Waals surface area contributed by atoms with E-state index in [-0.39, 0.29) is 6.04 Å². The van der Waals surface area contributed by atoms with Gasteiger partial charge in [0.05, 0.1) is 0 Å². The standard InChI is InChI=1S/C16H18INO/c1-11-6-7-16(13(8-11)9-12(2)18)19-15-5-3-4-14(17)10-15/h3-8,10,12H,9,18H2,1-2H3. The molecule has 0 spiro atoms. The zero-order valence-electron chi connectivity index (χ0n) is 11.2. The Morgan fingerprint density at radius 2 is 2.00 bits per heavy atom. The normalized spacial score (nSPS) is 12.2. The monoisotopic (exact) mass is 367 g/mol. The molecule has 0 radical (unpaired) electrons. The Hall–Kier alpha value is -1.07. The van der Waals surface area contributed by atoms with E-state index in [1.807, 2.05) is 37.3 Å². The van der Waals surface area contributed by atoms with Crippen LogP contribution in [0.4, 0.5) is 0 Å². The molecule has 0 aliphatic heterocycles. The van der Waals surface area contributed by atoms with Gasteiger partial charge in [0.15, 0.2) is 0 Å². The molecule has 19 heavy (non-hydrogen) atoms. The Morgan fingerprint density at radius 3 is 2.68 bits per heavy atom. The second-order valence-corrected chi connectivity index (χ2v) is 6.10. The predicted molar refractivity (Wildman–Crippen MR) is 87.8 cm³/mol. The van der Waals surface area contributed by atoms with E-state index in [0.29, 0.717) is 0 Å². The first-order chi connectivity index (χ1) is 9.04. The van der Waals surface area contributed by atoms with Crippen molar-refractivity contribution in [3.63, 3.8) is 0 Å². The molecule has 0 bridgehead atoms. The third-order valence-corrected chi connectivity index (χ3v) is 3.45. The lowest BCUT2D eigenvalue weighted by atomic mass is 10.0. The van der Waals surface area contributed by atoms with Crippen molar-refractivity contribution in [2.75, 3.05) is 0 Å². The van der Waals surface area contributed by atoms with Gasteiger partial charge in [-0.25, -0.2) is 0 Å². The van der Waals surface area contributed by atoms with Gasteiger partial charge in [0.2, 0.25) is 0 Å². The molecule has 3 heteroatoms. The maximum Gasteiger partial charge on any atom is 0.130 e. The highest BCUT2D eigenvalue weighted by atomic mass is 127. The SMILES string of the molecule is Cc1ccc(Oc2cccc(I)c2)c(CC(C)N)c1. The number of aryl methyl sites for hydroxylation is 1. The molecule has 0 aliphatic rings. The molecular weight excluding hydrogens is 349 g/mol. The van der Waals surface area contributed by atoms with E-state index in [4.69, 9.17) is 10.5 Å². The van der Waals surface area contributed by atoms with Crippen LogP contribution in [0.2, 0.25) is 0 Å². The van der Waals surface area contributed by atoms with Gasteiger partial charge in [-0.05, 0) is 72.7 Å². The summed E-state index contributed by atoms with van der Waals surface area (Å²) in [4.78, 5) is 0. The molecule has 0 aliphatic carbocycles. The first-order valence-corrected chi connectivity index (χ1v) is 7.41. The second-order valence-electron chi connectivity index (χ2n) is 4.85. The third-order valence-electron chi connectivity index (χ3n) is 2.78. The van der Waals surface area contributed by atoms with Gasteiger partial charge in [0.1, 0.15) is 11.5 Å². The fourth-order valence-electron chi connectivity index (χ4n) is 1.97. The van der Waals surface area contributed by atoms with Crippen LogP contribution in [-0.4, -0.2) is 6.04 Å². The molecule has 2 nitrogen and oxygen atoms in total. The Labute approximate surface area is 128 Å². The molecule has 0 fully saturated rings. The number of halogens is 1. The maximum atomic E-state index is 5.99. The number of hydrogen-bond donors (Lipinski definition) is 1. The maximum absolute atomic E-state index is 5.99. The second kappa shape index (κ2) is 6.39. The van der Waals surface area contributed by atoms with Gasteiger partial charge < -0.3 is 10.5 Å². The van der Waals surface area contributed by atoms with Gasteiger partial charge in [-0.2, -0.15) is 0 Å². The van der Waals surface area contributed by atoms with Crippen molar-refractivity contribution in [2.45, 2.75) is 26.3 Å². The number of nitrogens with two attached hydrogens (primary N) is 1. The van der Waals surface area contributed by atoms with E-state index in [2.05, 4.69) is 41.6 Å². The minimum absolute atomic E-state index is 0.125. The van der Waals surface area contributed by atoms with Crippen molar-refractivity contribution >= 4 is 22.6 Å². The van der Waals surface area contributed by atoms with Crippen molar-refractivity contribution in [1.29, 1.82) is 0 Å². The summed E-state index contributed by atoms with van der Waals surface area (Å²) in [5, 5.41) is 0. The summed E-state index contributed by atoms with van der Waals surface area (Å²) >= 11 is 2.28. The van der Waals surface area contributed by atoms with Crippen LogP contribution in [0.15, 0.2) is 42.5 Å². The zero-order chi connectivity index (χ0) is 13.8. The minimum Gasteiger partial charge on any atom is -0.457 e. The Balaban J connectivity index is 2.28. The quantitative estimate of drug-likeness (QED) is 0.819. The van der Waals surface area contributed by atoms with E-state index >= 15 is 0 Å². The van der Waals surface area contributed by atoms with Crippen molar-refractivity contribution in [3.05, 3.63) is 57.2 Å². The van der Waals surface area contributed by atoms with Gasteiger partial charge in [-0.1, -0.05) is 23.8 Å². The molecule has 0 amide bonds. The van der Waals surface area contributed by atoms with Crippen molar-refractivity contribution in [2.24, 2.45) is 5.73 Å². The smallest absolute Gasteiger partial charge is 0.130 e. The molecule has 2 aromatic carbocycles. The van der Waals surface area contributed by atoms with Crippen molar-refractivity contribution in [3.8, 4) is 11.5 Å². The van der Waals surface area contributed by atoms with Gasteiger partial charge in [0.25, 0.3) is 0 Å². The van der Waals surface area contributed by atoms with Crippen LogP contribution in [0, 0.1) is 10.5 Å². The largest absolute Gasteiger partial charge is 0.457 e. The van der Waals surface area contributed by atoms with E-state index in [0.717, 1.165) is 27.1 Å². The van der Waals surface area contributed by atoms with Crippen LogP contribution < -0.4 is 10.5 Å². The van der Waals surface area contributed by atoms with Crippen LogP contribution >= 0.6 is 22.6 Å². The van der Waals surface area contributed by atoms with E-state index in [9.17, 15) is 0 Å². The van der Waals surface area contributed by atoms with Crippen LogP contribution in [0.25, 0.3) is 0 Å². The van der Waals surface area contributed by atoms with Gasteiger partial charge in [-0.3, -0.25) is 0 Å². The molecule has 100 valence electrons. The molecule has 1 atom stereocenters. The van der Waals surface area contributed by atoms with Gasteiger partial charge in [-0.15, -0.1) is 0 Å². The van der Waals surface area contributed by atoms with Crippen LogP contribution in [-0.2, 0) is 6.42 Å². The molecule has 2 rings (SSSR count). The van der Waals surface area contributed by atoms with Crippen molar-refractivity contribution in [1.82, 2.24) is 0 Å². The topological polar surface area (TPSA) is 35.2 Å². The molecule has 0 saturated carbocycles. The number of ether oxygens (including phenoxy) is 1. The molecule has 1 unspecified atom stereocenters. The third kappa shape index (κ3) is 4.21. The minimum atomic E-state index is 0.125. The predicted octanol–water partition coefficient (Wildman–Crippen LogP) is 4.28. The van der Waals surface area contributed by atoms with E-state index in [1.165, 1.54) is 5.56 Å². The zero-order valence-corrected chi connectivity index (χ0v) is 13.3. The van der Waals surface area contributed by atoms with Crippen molar-refractivity contribution < 1.29 is 4.74 Å². The summed E-state index contributed by atoms with van der Waals surface area (Å²) in [6.07, 6.45) is 0.820. The highest BCUT2D eigenvalue weighted by Gasteiger charge is 2.08. The number of benzene rings is 2. The lowest BCUT2D eigenvalue weighted by Gasteiger charge is -2.14. The van der Waals surface area contributed by atoms with E-state index < -0.39 is 0 Å². The van der Waals surface area contributed by atoms with Crippen LogP contribution in [0.5, 0.6) is 11.5 Å².